The third-order valence-corrected chi connectivity index (χ3v) is 5.07. The number of carbonyl (C=O) groups is 1. The van der Waals surface area contributed by atoms with Crippen LogP contribution in [0.25, 0.3) is 11.6 Å². The molecular formula is C17H16Cl2N4O2S. The average molecular weight is 411 g/mol. The molecule has 9 heteroatoms. The van der Waals surface area contributed by atoms with E-state index in [4.69, 9.17) is 27.6 Å². The molecule has 1 aromatic carbocycles. The minimum absolute atomic E-state index is 0.182. The van der Waals surface area contributed by atoms with Crippen LogP contribution in [0.5, 0.6) is 0 Å². The molecule has 26 heavy (non-hydrogen) atoms. The zero-order valence-electron chi connectivity index (χ0n) is 14.1. The van der Waals surface area contributed by atoms with Crippen LogP contribution in [-0.4, -0.2) is 25.9 Å². The predicted molar refractivity (Wildman–Crippen MR) is 104 cm³/mol. The standard InChI is InChI=1S/C17H16Cl2N4O2S/c1-3-23-15(14-5-4-6-25-14)21-22-17(23)26-10(2)16(24)20-13-8-11(18)7-12(19)9-13/h4-10H,3H2,1-2H3,(H,20,24). The van der Waals surface area contributed by atoms with Crippen LogP contribution in [-0.2, 0) is 11.3 Å². The van der Waals surface area contributed by atoms with Crippen LogP contribution in [0.1, 0.15) is 13.8 Å². The summed E-state index contributed by atoms with van der Waals surface area (Å²) >= 11 is 13.2. The number of halogens is 2. The van der Waals surface area contributed by atoms with Gasteiger partial charge < -0.3 is 9.73 Å². The molecule has 3 aromatic rings. The van der Waals surface area contributed by atoms with Crippen molar-refractivity contribution in [2.75, 3.05) is 5.32 Å². The summed E-state index contributed by atoms with van der Waals surface area (Å²) in [6, 6.07) is 8.52. The molecule has 6 nitrogen and oxygen atoms in total. The summed E-state index contributed by atoms with van der Waals surface area (Å²) in [5.74, 6) is 1.09. The molecule has 0 radical (unpaired) electrons. The maximum Gasteiger partial charge on any atom is 0.237 e. The van der Waals surface area contributed by atoms with E-state index in [0.29, 0.717) is 39.0 Å². The van der Waals surface area contributed by atoms with E-state index in [1.54, 1.807) is 37.5 Å². The lowest BCUT2D eigenvalue weighted by atomic mass is 10.3. The lowest BCUT2D eigenvalue weighted by Gasteiger charge is -2.13. The van der Waals surface area contributed by atoms with Gasteiger partial charge in [-0.3, -0.25) is 9.36 Å². The normalized spacial score (nSPS) is 12.2. The van der Waals surface area contributed by atoms with Crippen LogP contribution in [0.3, 0.4) is 0 Å². The fourth-order valence-electron chi connectivity index (χ4n) is 2.33. The second-order valence-corrected chi connectivity index (χ2v) is 7.62. The van der Waals surface area contributed by atoms with Crippen LogP contribution in [0, 0.1) is 0 Å². The highest BCUT2D eigenvalue weighted by molar-refractivity contribution is 8.00. The van der Waals surface area contributed by atoms with Crippen molar-refractivity contribution in [3.8, 4) is 11.6 Å². The predicted octanol–water partition coefficient (Wildman–Crippen LogP) is 4.98. The number of thioether (sulfide) groups is 1. The minimum Gasteiger partial charge on any atom is -0.461 e. The molecule has 0 aliphatic heterocycles. The van der Waals surface area contributed by atoms with Crippen molar-refractivity contribution < 1.29 is 9.21 Å². The SMILES string of the molecule is CCn1c(SC(C)C(=O)Nc2cc(Cl)cc(Cl)c2)nnc1-c1ccco1. The number of anilines is 1. The molecule has 136 valence electrons. The number of amides is 1. The Morgan fingerprint density at radius 3 is 2.65 bits per heavy atom. The molecule has 0 aliphatic carbocycles. The van der Waals surface area contributed by atoms with Crippen molar-refractivity contribution in [1.82, 2.24) is 14.8 Å². The first kappa shape index (κ1) is 18.8. The Hall–Kier alpha value is -1.96. The van der Waals surface area contributed by atoms with Gasteiger partial charge >= 0.3 is 0 Å². The quantitative estimate of drug-likeness (QED) is 0.579. The summed E-state index contributed by atoms with van der Waals surface area (Å²) in [7, 11) is 0. The molecule has 0 saturated carbocycles. The van der Waals surface area contributed by atoms with E-state index in [1.165, 1.54) is 11.8 Å². The Kier molecular flexibility index (Phi) is 5.90. The summed E-state index contributed by atoms with van der Waals surface area (Å²) in [5, 5.41) is 12.4. The van der Waals surface area contributed by atoms with Gasteiger partial charge in [-0.15, -0.1) is 10.2 Å². The van der Waals surface area contributed by atoms with Gasteiger partial charge in [-0.25, -0.2) is 0 Å². The minimum atomic E-state index is -0.397. The number of hydrogen-bond donors (Lipinski definition) is 1. The van der Waals surface area contributed by atoms with E-state index in [2.05, 4.69) is 15.5 Å². The highest BCUT2D eigenvalue weighted by Crippen LogP contribution is 2.28. The second kappa shape index (κ2) is 8.16. The highest BCUT2D eigenvalue weighted by Gasteiger charge is 2.21. The van der Waals surface area contributed by atoms with Crippen molar-refractivity contribution in [3.63, 3.8) is 0 Å². The number of carbonyl (C=O) groups excluding carboxylic acids is 1. The molecule has 1 N–H and O–H groups in total. The van der Waals surface area contributed by atoms with Crippen LogP contribution in [0.15, 0.2) is 46.2 Å². The van der Waals surface area contributed by atoms with E-state index >= 15 is 0 Å². The maximum absolute atomic E-state index is 12.5. The second-order valence-electron chi connectivity index (χ2n) is 5.44. The van der Waals surface area contributed by atoms with Gasteiger partial charge in [-0.1, -0.05) is 35.0 Å². The molecule has 2 aromatic heterocycles. The first-order valence-electron chi connectivity index (χ1n) is 7.88. The van der Waals surface area contributed by atoms with Gasteiger partial charge in [-0.05, 0) is 44.2 Å². The van der Waals surface area contributed by atoms with Crippen molar-refractivity contribution in [3.05, 3.63) is 46.6 Å². The lowest BCUT2D eigenvalue weighted by molar-refractivity contribution is -0.115. The number of nitrogens with one attached hydrogen (secondary N) is 1. The molecule has 1 atom stereocenters. The van der Waals surface area contributed by atoms with Crippen molar-refractivity contribution in [2.45, 2.75) is 30.8 Å². The van der Waals surface area contributed by atoms with Crippen molar-refractivity contribution in [1.29, 1.82) is 0 Å². The van der Waals surface area contributed by atoms with E-state index < -0.39 is 5.25 Å². The Balaban J connectivity index is 1.73. The van der Waals surface area contributed by atoms with Crippen LogP contribution < -0.4 is 5.32 Å². The molecule has 0 aliphatic rings. The lowest BCUT2D eigenvalue weighted by Crippen LogP contribution is -2.23. The molecule has 2 heterocycles. The smallest absolute Gasteiger partial charge is 0.237 e. The van der Waals surface area contributed by atoms with Crippen LogP contribution in [0.4, 0.5) is 5.69 Å². The summed E-state index contributed by atoms with van der Waals surface area (Å²) in [6.07, 6.45) is 1.59. The third-order valence-electron chi connectivity index (χ3n) is 3.56. The van der Waals surface area contributed by atoms with Crippen molar-refractivity contribution in [2.24, 2.45) is 0 Å². The fourth-order valence-corrected chi connectivity index (χ4v) is 3.77. The van der Waals surface area contributed by atoms with E-state index in [9.17, 15) is 4.79 Å². The van der Waals surface area contributed by atoms with Gasteiger partial charge in [0.15, 0.2) is 16.7 Å². The Bertz CT molecular complexity index is 891. The zero-order chi connectivity index (χ0) is 18.7. The highest BCUT2D eigenvalue weighted by atomic mass is 35.5. The molecule has 0 bridgehead atoms. The van der Waals surface area contributed by atoms with Crippen LogP contribution in [0.2, 0.25) is 10.0 Å². The first-order valence-corrected chi connectivity index (χ1v) is 9.52. The molecule has 0 spiro atoms. The number of rotatable bonds is 6. The van der Waals surface area contributed by atoms with Gasteiger partial charge in [-0.2, -0.15) is 0 Å². The van der Waals surface area contributed by atoms with Gasteiger partial charge in [0.05, 0.1) is 11.5 Å². The number of nitrogens with zero attached hydrogens (tertiary/aromatic N) is 3. The molecular weight excluding hydrogens is 395 g/mol. The van der Waals surface area contributed by atoms with Gasteiger partial charge in [0.25, 0.3) is 0 Å². The van der Waals surface area contributed by atoms with Gasteiger partial charge in [0.2, 0.25) is 5.91 Å². The van der Waals surface area contributed by atoms with Gasteiger partial charge in [0, 0.05) is 22.3 Å². The van der Waals surface area contributed by atoms with Crippen LogP contribution >= 0.6 is 35.0 Å². The monoisotopic (exact) mass is 410 g/mol. The van der Waals surface area contributed by atoms with Gasteiger partial charge in [0.1, 0.15) is 0 Å². The number of benzene rings is 1. The van der Waals surface area contributed by atoms with E-state index in [-0.39, 0.29) is 5.91 Å². The van der Waals surface area contributed by atoms with Crippen molar-refractivity contribution >= 4 is 46.6 Å². The third kappa shape index (κ3) is 4.23. The number of aromatic nitrogens is 3. The Morgan fingerprint density at radius 2 is 2.04 bits per heavy atom. The summed E-state index contributed by atoms with van der Waals surface area (Å²) in [6.45, 7) is 4.44. The number of furan rings is 1. The van der Waals surface area contributed by atoms with E-state index in [0.717, 1.165) is 0 Å². The number of hydrogen-bond acceptors (Lipinski definition) is 5. The first-order chi connectivity index (χ1) is 12.5. The fraction of sp³-hybridized carbons (Fsp3) is 0.235. The molecule has 3 rings (SSSR count). The average Bonchev–Trinajstić information content (AvgIpc) is 3.22. The maximum atomic E-state index is 12.5. The van der Waals surface area contributed by atoms with E-state index in [1.807, 2.05) is 17.6 Å². The molecule has 0 saturated heterocycles. The molecule has 1 unspecified atom stereocenters. The zero-order valence-corrected chi connectivity index (χ0v) is 16.4. The topological polar surface area (TPSA) is 73.0 Å². The Morgan fingerprint density at radius 1 is 1.31 bits per heavy atom. The summed E-state index contributed by atoms with van der Waals surface area (Å²) < 4.78 is 7.30. The Labute approximate surface area is 164 Å². The summed E-state index contributed by atoms with van der Waals surface area (Å²) in [4.78, 5) is 12.5. The summed E-state index contributed by atoms with van der Waals surface area (Å²) in [5.41, 5.74) is 0.549. The molecule has 1 amide bonds. The molecule has 0 fully saturated rings. The largest absolute Gasteiger partial charge is 0.461 e.